The Morgan fingerprint density at radius 3 is 2.45 bits per heavy atom. The zero-order valence-electron chi connectivity index (χ0n) is 14.0. The average molecular weight is 322 g/mol. The summed E-state index contributed by atoms with van der Waals surface area (Å²) in [5.74, 6) is 0. The van der Waals surface area contributed by atoms with E-state index in [9.17, 15) is 0 Å². The summed E-state index contributed by atoms with van der Waals surface area (Å²) >= 11 is 6.15. The SMILES string of the molecule is C=C.Cc1cc2nc(OC(C)CN(C)C)nc(C)c2cc1Cl. The Balaban J connectivity index is 0.00000116. The molecular formula is C17H24ClN3O. The van der Waals surface area contributed by atoms with Crippen molar-refractivity contribution in [2.45, 2.75) is 26.9 Å². The van der Waals surface area contributed by atoms with Gasteiger partial charge in [-0.3, -0.25) is 0 Å². The van der Waals surface area contributed by atoms with E-state index in [4.69, 9.17) is 16.3 Å². The molecule has 22 heavy (non-hydrogen) atoms. The number of nitrogens with zero attached hydrogens (tertiary/aromatic N) is 3. The summed E-state index contributed by atoms with van der Waals surface area (Å²) in [4.78, 5) is 11.0. The van der Waals surface area contributed by atoms with Crippen molar-refractivity contribution < 1.29 is 4.74 Å². The fraction of sp³-hybridized carbons (Fsp3) is 0.412. The number of rotatable bonds is 4. The fourth-order valence-electron chi connectivity index (χ4n) is 2.16. The normalized spacial score (nSPS) is 12.0. The molecule has 0 aliphatic heterocycles. The molecule has 0 saturated heterocycles. The minimum atomic E-state index is 0.0373. The Bertz CT molecular complexity index is 643. The summed E-state index contributed by atoms with van der Waals surface area (Å²) in [6.45, 7) is 12.7. The van der Waals surface area contributed by atoms with Crippen molar-refractivity contribution >= 4 is 22.5 Å². The number of hydrogen-bond donors (Lipinski definition) is 0. The highest BCUT2D eigenvalue weighted by atomic mass is 35.5. The molecule has 0 radical (unpaired) electrons. The van der Waals surface area contributed by atoms with Crippen LogP contribution in [0.1, 0.15) is 18.2 Å². The maximum absolute atomic E-state index is 6.15. The third kappa shape index (κ3) is 4.68. The number of benzene rings is 1. The number of fused-ring (bicyclic) bond motifs is 1. The minimum Gasteiger partial charge on any atom is -0.459 e. The predicted molar refractivity (Wildman–Crippen MR) is 93.9 cm³/mol. The number of aryl methyl sites for hydroxylation is 2. The van der Waals surface area contributed by atoms with E-state index in [0.29, 0.717) is 6.01 Å². The minimum absolute atomic E-state index is 0.0373. The van der Waals surface area contributed by atoms with Crippen LogP contribution in [0, 0.1) is 13.8 Å². The van der Waals surface area contributed by atoms with Crippen LogP contribution >= 0.6 is 11.6 Å². The van der Waals surface area contributed by atoms with E-state index < -0.39 is 0 Å². The van der Waals surface area contributed by atoms with Gasteiger partial charge in [-0.1, -0.05) is 11.6 Å². The van der Waals surface area contributed by atoms with Gasteiger partial charge < -0.3 is 9.64 Å². The summed E-state index contributed by atoms with van der Waals surface area (Å²) in [6, 6.07) is 4.30. The van der Waals surface area contributed by atoms with Gasteiger partial charge in [0.15, 0.2) is 0 Å². The topological polar surface area (TPSA) is 38.2 Å². The van der Waals surface area contributed by atoms with E-state index in [1.54, 1.807) is 0 Å². The number of hydrogen-bond acceptors (Lipinski definition) is 4. The van der Waals surface area contributed by atoms with E-state index in [1.807, 2.05) is 47.0 Å². The first-order valence-corrected chi connectivity index (χ1v) is 7.50. The van der Waals surface area contributed by atoms with E-state index >= 15 is 0 Å². The molecule has 0 spiro atoms. The van der Waals surface area contributed by atoms with Gasteiger partial charge in [-0.25, -0.2) is 0 Å². The third-order valence-electron chi connectivity index (χ3n) is 3.08. The largest absolute Gasteiger partial charge is 0.459 e. The van der Waals surface area contributed by atoms with Gasteiger partial charge in [-0.15, -0.1) is 13.2 Å². The second-order valence-electron chi connectivity index (χ2n) is 5.40. The van der Waals surface area contributed by atoms with Crippen LogP contribution in [-0.4, -0.2) is 41.6 Å². The zero-order valence-corrected chi connectivity index (χ0v) is 14.7. The van der Waals surface area contributed by atoms with E-state index in [0.717, 1.165) is 33.7 Å². The quantitative estimate of drug-likeness (QED) is 0.797. The number of likely N-dealkylation sites (N-methyl/N-ethyl adjacent to an activating group) is 1. The highest BCUT2D eigenvalue weighted by Crippen LogP contribution is 2.25. The summed E-state index contributed by atoms with van der Waals surface area (Å²) in [6.07, 6.45) is 0.0373. The van der Waals surface area contributed by atoms with Crippen LogP contribution in [0.5, 0.6) is 6.01 Å². The molecular weight excluding hydrogens is 298 g/mol. The standard InChI is InChI=1S/C15H20ClN3O.C2H4/c1-9-6-14-12(7-13(9)16)11(3)17-15(18-14)20-10(2)8-19(4)5;1-2/h6-7,10H,8H2,1-5H3;1-2H2. The van der Waals surface area contributed by atoms with Crippen molar-refractivity contribution in [2.75, 3.05) is 20.6 Å². The molecule has 1 heterocycles. The highest BCUT2D eigenvalue weighted by Gasteiger charge is 2.11. The van der Waals surface area contributed by atoms with Crippen LogP contribution in [-0.2, 0) is 0 Å². The molecule has 0 amide bonds. The second kappa shape index (κ2) is 8.11. The van der Waals surface area contributed by atoms with Gasteiger partial charge in [0.2, 0.25) is 0 Å². The summed E-state index contributed by atoms with van der Waals surface area (Å²) in [5.41, 5.74) is 2.75. The van der Waals surface area contributed by atoms with Crippen molar-refractivity contribution in [3.8, 4) is 6.01 Å². The number of aromatic nitrogens is 2. The van der Waals surface area contributed by atoms with Gasteiger partial charge in [-0.05, 0) is 52.6 Å². The molecule has 0 aliphatic rings. The molecule has 1 aromatic carbocycles. The Morgan fingerprint density at radius 2 is 1.86 bits per heavy atom. The molecule has 4 nitrogen and oxygen atoms in total. The van der Waals surface area contributed by atoms with Crippen molar-refractivity contribution in [3.63, 3.8) is 0 Å². The van der Waals surface area contributed by atoms with Gasteiger partial charge in [0.25, 0.3) is 0 Å². The number of ether oxygens (including phenoxy) is 1. The van der Waals surface area contributed by atoms with Crippen LogP contribution in [0.2, 0.25) is 5.02 Å². The van der Waals surface area contributed by atoms with E-state index in [1.165, 1.54) is 0 Å². The molecule has 0 N–H and O–H groups in total. The Hall–Kier alpha value is -1.65. The first-order valence-electron chi connectivity index (χ1n) is 7.12. The van der Waals surface area contributed by atoms with Crippen LogP contribution < -0.4 is 4.74 Å². The monoisotopic (exact) mass is 321 g/mol. The maximum Gasteiger partial charge on any atom is 0.317 e. The number of halogens is 1. The zero-order chi connectivity index (χ0) is 16.9. The molecule has 0 fully saturated rings. The Kier molecular flexibility index (Phi) is 6.78. The highest BCUT2D eigenvalue weighted by molar-refractivity contribution is 6.32. The van der Waals surface area contributed by atoms with Crippen molar-refractivity contribution in [3.05, 3.63) is 41.6 Å². The van der Waals surface area contributed by atoms with Crippen LogP contribution in [0.15, 0.2) is 25.3 Å². The van der Waals surface area contributed by atoms with Gasteiger partial charge in [0.1, 0.15) is 6.10 Å². The molecule has 5 heteroatoms. The van der Waals surface area contributed by atoms with Crippen LogP contribution in [0.25, 0.3) is 10.9 Å². The Labute approximate surface area is 137 Å². The summed E-state index contributed by atoms with van der Waals surface area (Å²) < 4.78 is 5.79. The summed E-state index contributed by atoms with van der Waals surface area (Å²) in [7, 11) is 4.02. The molecule has 0 bridgehead atoms. The average Bonchev–Trinajstić information content (AvgIpc) is 2.42. The first-order chi connectivity index (χ1) is 10.4. The molecule has 1 aromatic heterocycles. The van der Waals surface area contributed by atoms with Gasteiger partial charge >= 0.3 is 6.01 Å². The van der Waals surface area contributed by atoms with Gasteiger partial charge in [-0.2, -0.15) is 9.97 Å². The molecule has 0 aliphatic carbocycles. The summed E-state index contributed by atoms with van der Waals surface area (Å²) in [5, 5.41) is 1.70. The fourth-order valence-corrected chi connectivity index (χ4v) is 2.33. The smallest absolute Gasteiger partial charge is 0.317 e. The van der Waals surface area contributed by atoms with Gasteiger partial charge in [0, 0.05) is 17.0 Å². The molecule has 0 saturated carbocycles. The molecule has 2 rings (SSSR count). The van der Waals surface area contributed by atoms with Crippen molar-refractivity contribution in [2.24, 2.45) is 0 Å². The van der Waals surface area contributed by atoms with Crippen LogP contribution in [0.3, 0.4) is 0 Å². The van der Waals surface area contributed by atoms with Crippen molar-refractivity contribution in [1.29, 1.82) is 0 Å². The molecule has 1 atom stereocenters. The van der Waals surface area contributed by atoms with E-state index in [2.05, 4.69) is 28.0 Å². The maximum atomic E-state index is 6.15. The lowest BCUT2D eigenvalue weighted by atomic mass is 10.1. The first kappa shape index (κ1) is 18.4. The molecule has 120 valence electrons. The lowest BCUT2D eigenvalue weighted by molar-refractivity contribution is 0.164. The molecule has 1 unspecified atom stereocenters. The predicted octanol–water partition coefficient (Wildman–Crippen LogP) is 4.03. The lowest BCUT2D eigenvalue weighted by Crippen LogP contribution is -2.28. The third-order valence-corrected chi connectivity index (χ3v) is 3.48. The second-order valence-corrected chi connectivity index (χ2v) is 5.81. The van der Waals surface area contributed by atoms with Crippen molar-refractivity contribution in [1.82, 2.24) is 14.9 Å². The lowest BCUT2D eigenvalue weighted by Gasteiger charge is -2.18. The van der Waals surface area contributed by atoms with E-state index in [-0.39, 0.29) is 6.10 Å². The molecule has 2 aromatic rings. The Morgan fingerprint density at radius 1 is 1.23 bits per heavy atom. The van der Waals surface area contributed by atoms with Gasteiger partial charge in [0.05, 0.1) is 11.2 Å². The van der Waals surface area contributed by atoms with Crippen LogP contribution in [0.4, 0.5) is 0 Å².